The number of anilines is 2. The molecule has 1 fully saturated rings. The molecule has 0 bridgehead atoms. The maximum atomic E-state index is 12.4. The molecule has 3 heterocycles. The van der Waals surface area contributed by atoms with Gasteiger partial charge in [-0.15, -0.1) is 0 Å². The Morgan fingerprint density at radius 2 is 1.85 bits per heavy atom. The first-order valence-corrected chi connectivity index (χ1v) is 11.4. The van der Waals surface area contributed by atoms with E-state index in [1.807, 2.05) is 12.1 Å². The fourth-order valence-electron chi connectivity index (χ4n) is 3.53. The summed E-state index contributed by atoms with van der Waals surface area (Å²) in [7, 11) is 5.34. The number of rotatable bonds is 7. The first-order chi connectivity index (χ1) is 16.5. The lowest BCUT2D eigenvalue weighted by atomic mass is 10.2. The molecular formula is C23H26N6O4S. The summed E-state index contributed by atoms with van der Waals surface area (Å²) < 4.78 is 11.3. The van der Waals surface area contributed by atoms with Gasteiger partial charge in [-0.2, -0.15) is 4.98 Å². The lowest BCUT2D eigenvalue weighted by molar-refractivity contribution is 0.102. The van der Waals surface area contributed by atoms with Crippen molar-refractivity contribution in [2.24, 2.45) is 0 Å². The van der Waals surface area contributed by atoms with Crippen LogP contribution >= 0.6 is 11.8 Å². The summed E-state index contributed by atoms with van der Waals surface area (Å²) in [6.07, 6.45) is 3.03. The van der Waals surface area contributed by atoms with E-state index in [1.165, 1.54) is 24.0 Å². The van der Waals surface area contributed by atoms with Gasteiger partial charge in [0.25, 0.3) is 5.91 Å². The molecule has 4 rings (SSSR count). The summed E-state index contributed by atoms with van der Waals surface area (Å²) in [5.74, 6) is 0.853. The van der Waals surface area contributed by atoms with Crippen molar-refractivity contribution in [3.63, 3.8) is 0 Å². The largest absolute Gasteiger partial charge is 0.495 e. The number of carbonyl (C=O) groups excluding carboxylic acids is 1. The number of hydrogen-bond acceptors (Lipinski definition) is 10. The molecule has 10 nitrogen and oxygen atoms in total. The number of aromatic nitrogens is 3. The van der Waals surface area contributed by atoms with E-state index in [2.05, 4.69) is 37.1 Å². The van der Waals surface area contributed by atoms with Crippen LogP contribution in [0.15, 0.2) is 52.8 Å². The Morgan fingerprint density at radius 3 is 2.53 bits per heavy atom. The molecule has 0 unspecified atom stereocenters. The van der Waals surface area contributed by atoms with Crippen LogP contribution in [0.5, 0.6) is 17.4 Å². The summed E-state index contributed by atoms with van der Waals surface area (Å²) in [6.45, 7) is 3.70. The van der Waals surface area contributed by atoms with Crippen LogP contribution in [0.1, 0.15) is 10.4 Å². The van der Waals surface area contributed by atoms with Gasteiger partial charge in [0.05, 0.1) is 30.4 Å². The molecule has 1 aliphatic rings. The number of likely N-dealkylation sites (N-methyl/N-ethyl adjacent to an activating group) is 1. The van der Waals surface area contributed by atoms with E-state index < -0.39 is 5.91 Å². The number of nitrogens with one attached hydrogen (secondary N) is 1. The minimum absolute atomic E-state index is 0.170. The van der Waals surface area contributed by atoms with Gasteiger partial charge in [0.1, 0.15) is 17.3 Å². The molecule has 34 heavy (non-hydrogen) atoms. The van der Waals surface area contributed by atoms with Gasteiger partial charge in [0.15, 0.2) is 5.16 Å². The molecule has 0 radical (unpaired) electrons. The van der Waals surface area contributed by atoms with E-state index in [4.69, 9.17) is 9.47 Å². The van der Waals surface area contributed by atoms with E-state index in [0.29, 0.717) is 22.0 Å². The smallest absolute Gasteiger partial charge is 0.258 e. The zero-order valence-electron chi connectivity index (χ0n) is 19.2. The van der Waals surface area contributed by atoms with Crippen LogP contribution in [0.25, 0.3) is 0 Å². The molecule has 1 aliphatic heterocycles. The van der Waals surface area contributed by atoms with Crippen LogP contribution in [-0.2, 0) is 0 Å². The van der Waals surface area contributed by atoms with Crippen LogP contribution in [0.4, 0.5) is 11.5 Å². The van der Waals surface area contributed by atoms with Crippen molar-refractivity contribution in [1.29, 1.82) is 0 Å². The standard InChI is InChI=1S/C23H26N6O4S/c1-28-7-9-29(10-8-28)16-11-18(33-3)19(12-17(16)32-2)34-23-26-20(13-21(30)27-23)25-22(31)15-5-4-6-24-14-15/h4-6,11-14H,7-10H2,1-3H3,(H2,25,26,27,30,31). The monoisotopic (exact) mass is 482 g/mol. The highest BCUT2D eigenvalue weighted by atomic mass is 32.2. The average Bonchev–Trinajstić information content (AvgIpc) is 2.84. The Balaban J connectivity index is 1.58. The fourth-order valence-corrected chi connectivity index (χ4v) is 4.42. The number of carbonyl (C=O) groups is 1. The molecule has 1 saturated heterocycles. The van der Waals surface area contributed by atoms with Crippen LogP contribution in [0.2, 0.25) is 0 Å². The Morgan fingerprint density at radius 1 is 1.09 bits per heavy atom. The van der Waals surface area contributed by atoms with Gasteiger partial charge in [0, 0.05) is 56.8 Å². The molecule has 0 aliphatic carbocycles. The zero-order chi connectivity index (χ0) is 24.1. The third-order valence-electron chi connectivity index (χ3n) is 5.37. The summed E-state index contributed by atoms with van der Waals surface area (Å²) in [5.41, 5.74) is 1.33. The third kappa shape index (κ3) is 5.49. The van der Waals surface area contributed by atoms with Gasteiger partial charge in [0.2, 0.25) is 5.88 Å². The molecule has 2 N–H and O–H groups in total. The van der Waals surface area contributed by atoms with Crippen molar-refractivity contribution in [3.8, 4) is 17.4 Å². The number of aromatic hydroxyl groups is 1. The number of amides is 1. The number of methoxy groups -OCH3 is 2. The van der Waals surface area contributed by atoms with E-state index in [1.54, 1.807) is 32.5 Å². The normalized spacial score (nSPS) is 14.0. The molecule has 0 atom stereocenters. The van der Waals surface area contributed by atoms with Crippen LogP contribution < -0.4 is 19.7 Å². The second-order valence-corrected chi connectivity index (χ2v) is 8.67. The molecular weight excluding hydrogens is 456 g/mol. The maximum absolute atomic E-state index is 12.4. The highest BCUT2D eigenvalue weighted by molar-refractivity contribution is 7.99. The number of piperazine rings is 1. The number of pyridine rings is 1. The number of benzene rings is 1. The lowest BCUT2D eigenvalue weighted by Crippen LogP contribution is -2.44. The average molecular weight is 483 g/mol. The Hall–Kier alpha value is -3.57. The summed E-state index contributed by atoms with van der Waals surface area (Å²) >= 11 is 1.20. The lowest BCUT2D eigenvalue weighted by Gasteiger charge is -2.35. The molecule has 1 aromatic carbocycles. The summed E-state index contributed by atoms with van der Waals surface area (Å²) in [4.78, 5) is 30.1. The highest BCUT2D eigenvalue weighted by Gasteiger charge is 2.21. The number of nitrogens with zero attached hydrogens (tertiary/aromatic N) is 5. The van der Waals surface area contributed by atoms with Gasteiger partial charge in [-0.05, 0) is 30.9 Å². The molecule has 3 aromatic rings. The van der Waals surface area contributed by atoms with Crippen molar-refractivity contribution < 1.29 is 19.4 Å². The minimum atomic E-state index is -0.391. The predicted octanol–water partition coefficient (Wildman–Crippen LogP) is 2.75. The van der Waals surface area contributed by atoms with Gasteiger partial charge in [-0.25, -0.2) is 4.98 Å². The zero-order valence-corrected chi connectivity index (χ0v) is 20.0. The first kappa shape index (κ1) is 23.6. The fraction of sp³-hybridized carbons (Fsp3) is 0.304. The maximum Gasteiger partial charge on any atom is 0.258 e. The second-order valence-electron chi connectivity index (χ2n) is 7.66. The topological polar surface area (TPSA) is 113 Å². The van der Waals surface area contributed by atoms with E-state index in [9.17, 15) is 9.90 Å². The Labute approximate surface area is 201 Å². The molecule has 2 aromatic heterocycles. The minimum Gasteiger partial charge on any atom is -0.495 e. The number of ether oxygens (including phenoxy) is 2. The third-order valence-corrected chi connectivity index (χ3v) is 6.27. The van der Waals surface area contributed by atoms with Crippen LogP contribution in [0, 0.1) is 0 Å². The Kier molecular flexibility index (Phi) is 7.33. The summed E-state index contributed by atoms with van der Waals surface area (Å²) in [6, 6.07) is 8.41. The van der Waals surface area contributed by atoms with E-state index in [0.717, 1.165) is 31.9 Å². The molecule has 1 amide bonds. The predicted molar refractivity (Wildman–Crippen MR) is 129 cm³/mol. The summed E-state index contributed by atoms with van der Waals surface area (Å²) in [5, 5.41) is 13.0. The Bertz CT molecular complexity index is 1160. The molecule has 178 valence electrons. The van der Waals surface area contributed by atoms with Gasteiger partial charge < -0.3 is 29.7 Å². The van der Waals surface area contributed by atoms with Gasteiger partial charge in [-0.1, -0.05) is 0 Å². The molecule has 0 saturated carbocycles. The number of hydrogen-bond donors (Lipinski definition) is 2. The van der Waals surface area contributed by atoms with Crippen molar-refractivity contribution in [2.75, 3.05) is 57.7 Å². The van der Waals surface area contributed by atoms with E-state index >= 15 is 0 Å². The van der Waals surface area contributed by atoms with Gasteiger partial charge in [-0.3, -0.25) is 9.78 Å². The van der Waals surface area contributed by atoms with Crippen molar-refractivity contribution >= 4 is 29.2 Å². The first-order valence-electron chi connectivity index (χ1n) is 10.6. The molecule has 0 spiro atoms. The highest BCUT2D eigenvalue weighted by Crippen LogP contribution is 2.42. The van der Waals surface area contributed by atoms with E-state index in [-0.39, 0.29) is 16.9 Å². The van der Waals surface area contributed by atoms with Crippen LogP contribution in [-0.4, -0.2) is 78.3 Å². The SMILES string of the molecule is COc1cc(N2CCN(C)CC2)c(OC)cc1Sc1nc(O)cc(NC(=O)c2cccnc2)n1. The molecule has 11 heteroatoms. The quantitative estimate of drug-likeness (QED) is 0.487. The van der Waals surface area contributed by atoms with Gasteiger partial charge >= 0.3 is 0 Å². The van der Waals surface area contributed by atoms with Crippen molar-refractivity contribution in [3.05, 3.63) is 48.3 Å². The van der Waals surface area contributed by atoms with Crippen molar-refractivity contribution in [1.82, 2.24) is 19.9 Å². The van der Waals surface area contributed by atoms with Crippen molar-refractivity contribution in [2.45, 2.75) is 10.1 Å². The second kappa shape index (κ2) is 10.6. The van der Waals surface area contributed by atoms with Crippen LogP contribution in [0.3, 0.4) is 0 Å².